The maximum Gasteiger partial charge on any atom is 0.188 e. The molecule has 2 rings (SSSR count). The van der Waals surface area contributed by atoms with Gasteiger partial charge >= 0.3 is 0 Å². The van der Waals surface area contributed by atoms with Crippen LogP contribution < -0.4 is 19.5 Å². The number of rotatable bonds is 11. The van der Waals surface area contributed by atoms with Crippen LogP contribution in [0.4, 0.5) is 4.39 Å². The van der Waals surface area contributed by atoms with E-state index >= 15 is 0 Å². The summed E-state index contributed by atoms with van der Waals surface area (Å²) < 4.78 is 36.2. The molecule has 0 aromatic heterocycles. The van der Waals surface area contributed by atoms with Gasteiger partial charge in [-0.1, -0.05) is 28.5 Å². The Balaban J connectivity index is 2.59. The average molecular weight is 437 g/mol. The smallest absolute Gasteiger partial charge is 0.188 e. The van der Waals surface area contributed by atoms with Crippen molar-refractivity contribution in [3.8, 4) is 17.2 Å². The minimum atomic E-state index is -0.274. The van der Waals surface area contributed by atoms with Crippen molar-refractivity contribution >= 4 is 13.9 Å². The number of benzene rings is 2. The third kappa shape index (κ3) is 5.84. The third-order valence-corrected chi connectivity index (χ3v) is 7.00. The van der Waals surface area contributed by atoms with Crippen LogP contribution in [-0.4, -0.2) is 47.1 Å². The van der Waals surface area contributed by atoms with E-state index in [1.54, 1.807) is 27.4 Å². The van der Waals surface area contributed by atoms with E-state index in [1.165, 1.54) is 6.07 Å². The molecule has 0 fully saturated rings. The molecule has 2 unspecified atom stereocenters. The number of ether oxygens (including phenoxy) is 4. The normalized spacial score (nSPS) is 13.6. The maximum absolute atomic E-state index is 14.0. The van der Waals surface area contributed by atoms with Crippen molar-refractivity contribution in [2.75, 3.05) is 42.2 Å². The van der Waals surface area contributed by atoms with Crippen molar-refractivity contribution in [2.24, 2.45) is 0 Å². The van der Waals surface area contributed by atoms with E-state index in [9.17, 15) is 4.39 Å². The Bertz CT molecular complexity index is 846. The maximum atomic E-state index is 14.0. The summed E-state index contributed by atoms with van der Waals surface area (Å²) in [4.78, 5) is 2.05. The Kier molecular flexibility index (Phi) is 8.90. The van der Waals surface area contributed by atoms with Crippen molar-refractivity contribution in [3.63, 3.8) is 0 Å². The van der Waals surface area contributed by atoms with Gasteiger partial charge < -0.3 is 23.8 Å². The van der Waals surface area contributed by atoms with E-state index < -0.39 is 0 Å². The Morgan fingerprint density at radius 1 is 1.07 bits per heavy atom. The largest absolute Gasteiger partial charge is 0.497 e. The fourth-order valence-electron chi connectivity index (χ4n) is 3.32. The molecular formula is C23H33FNO4P. The summed E-state index contributed by atoms with van der Waals surface area (Å²) >= 11 is 0. The number of halogens is 1. The number of methoxy groups -OCH3 is 3. The van der Waals surface area contributed by atoms with E-state index in [2.05, 4.69) is 13.8 Å². The van der Waals surface area contributed by atoms with Crippen LogP contribution in [0.1, 0.15) is 31.4 Å². The Morgan fingerprint density at radius 2 is 1.80 bits per heavy atom. The highest BCUT2D eigenvalue weighted by Gasteiger charge is 2.32. The Labute approximate surface area is 181 Å². The Morgan fingerprint density at radius 3 is 2.37 bits per heavy atom. The van der Waals surface area contributed by atoms with E-state index in [4.69, 9.17) is 18.9 Å². The standard InChI is InChI=1S/C23H33FNO4P/c1-8-23(2,30-21-10-9-17(24)11-16(21)14-25(3)4)19-12-18(27-6)13-20(28-7)22(19)29-15-26-5/h9-13,30H,8,14-15H2,1-7H3. The van der Waals surface area contributed by atoms with Gasteiger partial charge in [0.15, 0.2) is 18.3 Å². The van der Waals surface area contributed by atoms with E-state index in [1.807, 2.05) is 37.2 Å². The molecule has 2 atom stereocenters. The molecule has 0 aliphatic rings. The lowest BCUT2D eigenvalue weighted by Crippen LogP contribution is -2.23. The molecule has 166 valence electrons. The molecule has 2 aromatic carbocycles. The summed E-state index contributed by atoms with van der Waals surface area (Å²) in [5.74, 6) is 1.72. The minimum Gasteiger partial charge on any atom is -0.497 e. The summed E-state index contributed by atoms with van der Waals surface area (Å²) in [7, 11) is 9.20. The van der Waals surface area contributed by atoms with Crippen molar-refractivity contribution in [1.29, 1.82) is 0 Å². The minimum absolute atomic E-state index is 0.112. The molecule has 0 aliphatic heterocycles. The highest BCUT2D eigenvalue weighted by Crippen LogP contribution is 2.51. The molecule has 0 heterocycles. The topological polar surface area (TPSA) is 40.2 Å². The lowest BCUT2D eigenvalue weighted by molar-refractivity contribution is 0.0479. The molecule has 5 nitrogen and oxygen atoms in total. The molecule has 0 spiro atoms. The van der Waals surface area contributed by atoms with Crippen LogP contribution in [0, 0.1) is 5.82 Å². The zero-order valence-electron chi connectivity index (χ0n) is 19.0. The van der Waals surface area contributed by atoms with Gasteiger partial charge in [0.05, 0.1) is 14.2 Å². The SMILES string of the molecule is CCC(C)(Pc1ccc(F)cc1CN(C)C)c1cc(OC)cc(OC)c1OCOC. The van der Waals surface area contributed by atoms with Crippen molar-refractivity contribution in [2.45, 2.75) is 32.0 Å². The van der Waals surface area contributed by atoms with Gasteiger partial charge in [0.1, 0.15) is 11.6 Å². The molecule has 0 N–H and O–H groups in total. The van der Waals surface area contributed by atoms with Crippen molar-refractivity contribution in [1.82, 2.24) is 4.90 Å². The second-order valence-electron chi connectivity index (χ2n) is 7.61. The molecule has 0 bridgehead atoms. The first-order valence-electron chi connectivity index (χ1n) is 9.87. The van der Waals surface area contributed by atoms with Crippen LogP contribution in [-0.2, 0) is 16.4 Å². The quantitative estimate of drug-likeness (QED) is 0.382. The molecule has 0 aliphatic carbocycles. The van der Waals surface area contributed by atoms with Crippen LogP contribution in [0.3, 0.4) is 0 Å². The van der Waals surface area contributed by atoms with Gasteiger partial charge in [-0.25, -0.2) is 4.39 Å². The van der Waals surface area contributed by atoms with E-state index in [0.29, 0.717) is 32.4 Å². The Hall–Kier alpha value is -1.88. The third-order valence-electron chi connectivity index (χ3n) is 5.07. The average Bonchev–Trinajstić information content (AvgIpc) is 2.73. The predicted molar refractivity (Wildman–Crippen MR) is 121 cm³/mol. The van der Waals surface area contributed by atoms with Crippen LogP contribution in [0.25, 0.3) is 0 Å². The summed E-state index contributed by atoms with van der Waals surface area (Å²) in [5, 5.41) is 0.859. The van der Waals surface area contributed by atoms with Gasteiger partial charge in [0, 0.05) is 30.4 Å². The van der Waals surface area contributed by atoms with Crippen molar-refractivity contribution < 1.29 is 23.3 Å². The fraction of sp³-hybridized carbons (Fsp3) is 0.478. The van der Waals surface area contributed by atoms with Gasteiger partial charge in [0.2, 0.25) is 0 Å². The van der Waals surface area contributed by atoms with E-state index in [-0.39, 0.29) is 17.8 Å². The van der Waals surface area contributed by atoms with Crippen LogP contribution in [0.2, 0.25) is 0 Å². The summed E-state index contributed by atoms with van der Waals surface area (Å²) in [6, 6.07) is 8.87. The van der Waals surface area contributed by atoms with Crippen LogP contribution >= 0.6 is 8.58 Å². The van der Waals surface area contributed by atoms with Gasteiger partial charge in [-0.3, -0.25) is 0 Å². The lowest BCUT2D eigenvalue weighted by Gasteiger charge is -2.33. The lowest BCUT2D eigenvalue weighted by atomic mass is 9.95. The molecule has 7 heteroatoms. The van der Waals surface area contributed by atoms with Crippen molar-refractivity contribution in [3.05, 3.63) is 47.3 Å². The van der Waals surface area contributed by atoms with Gasteiger partial charge in [-0.05, 0) is 49.6 Å². The fourth-order valence-corrected chi connectivity index (χ4v) is 4.89. The van der Waals surface area contributed by atoms with Gasteiger partial charge in [-0.15, -0.1) is 0 Å². The first-order chi connectivity index (χ1) is 14.3. The molecule has 0 amide bonds. The summed E-state index contributed by atoms with van der Waals surface area (Å²) in [6.07, 6.45) is 0.851. The zero-order chi connectivity index (χ0) is 22.3. The number of hydrogen-bond donors (Lipinski definition) is 0. The highest BCUT2D eigenvalue weighted by atomic mass is 31.1. The van der Waals surface area contributed by atoms with E-state index in [0.717, 1.165) is 22.9 Å². The molecule has 2 aromatic rings. The predicted octanol–water partition coefficient (Wildman–Crippen LogP) is 4.52. The number of hydrogen-bond acceptors (Lipinski definition) is 5. The van der Waals surface area contributed by atoms with Gasteiger partial charge in [0.25, 0.3) is 0 Å². The number of nitrogens with zero attached hydrogens (tertiary/aromatic N) is 1. The molecular weight excluding hydrogens is 404 g/mol. The first kappa shape index (κ1) is 24.4. The molecule has 0 radical (unpaired) electrons. The van der Waals surface area contributed by atoms with Gasteiger partial charge in [-0.2, -0.15) is 0 Å². The second-order valence-corrected chi connectivity index (χ2v) is 9.50. The molecule has 0 saturated carbocycles. The second kappa shape index (κ2) is 10.9. The molecule has 0 saturated heterocycles. The van der Waals surface area contributed by atoms with Crippen LogP contribution in [0.5, 0.6) is 17.2 Å². The summed E-state index contributed by atoms with van der Waals surface area (Å²) in [6.45, 7) is 5.13. The van der Waals surface area contributed by atoms with Crippen LogP contribution in [0.15, 0.2) is 30.3 Å². The summed E-state index contributed by atoms with van der Waals surface area (Å²) in [5.41, 5.74) is 1.98. The molecule has 30 heavy (non-hydrogen) atoms. The first-order valence-corrected chi connectivity index (χ1v) is 10.9. The highest BCUT2D eigenvalue weighted by molar-refractivity contribution is 7.48. The zero-order valence-corrected chi connectivity index (χ0v) is 20.0. The monoisotopic (exact) mass is 437 g/mol.